The van der Waals surface area contributed by atoms with Gasteiger partial charge >= 0.3 is 6.03 Å². The lowest BCUT2D eigenvalue weighted by molar-refractivity contribution is -0.132. The van der Waals surface area contributed by atoms with E-state index in [0.717, 1.165) is 38.8 Å². The number of anilines is 1. The van der Waals surface area contributed by atoms with E-state index < -0.39 is 0 Å². The number of nitrogens with zero attached hydrogens (tertiary/aromatic N) is 2. The maximum Gasteiger partial charge on any atom is 0.322 e. The minimum atomic E-state index is -0.319. The number of para-hydroxylation sites is 1. The number of amides is 3. The highest BCUT2D eigenvalue weighted by atomic mass is 16.5. The van der Waals surface area contributed by atoms with E-state index in [9.17, 15) is 9.59 Å². The number of hydrogen-bond donors (Lipinski definition) is 2. The van der Waals surface area contributed by atoms with E-state index >= 15 is 0 Å². The quantitative estimate of drug-likeness (QED) is 0.277. The number of H-pyrrole nitrogens is 1. The molecule has 0 saturated carbocycles. The zero-order chi connectivity index (χ0) is 26.9. The number of methoxy groups -OCH3 is 1. The lowest BCUT2D eigenvalue weighted by Gasteiger charge is -2.28. The van der Waals surface area contributed by atoms with Crippen LogP contribution in [-0.2, 0) is 22.5 Å². The number of nitrogens with one attached hydrogen (secondary N) is 2. The molecule has 38 heavy (non-hydrogen) atoms. The Hall–Kier alpha value is -4.10. The summed E-state index contributed by atoms with van der Waals surface area (Å²) < 4.78 is 5.24. The fourth-order valence-corrected chi connectivity index (χ4v) is 4.49. The molecule has 1 heterocycles. The lowest BCUT2D eigenvalue weighted by atomic mass is 10.1. The first kappa shape index (κ1) is 26.9. The Morgan fingerprint density at radius 3 is 2.45 bits per heavy atom. The molecule has 0 fully saturated rings. The van der Waals surface area contributed by atoms with Crippen LogP contribution in [0.3, 0.4) is 0 Å². The number of carbonyl (C=O) groups is 2. The summed E-state index contributed by atoms with van der Waals surface area (Å²) in [7, 11) is 1.59. The second-order valence-corrected chi connectivity index (χ2v) is 9.50. The number of rotatable bonds is 11. The van der Waals surface area contributed by atoms with Gasteiger partial charge in [0, 0.05) is 49.5 Å². The van der Waals surface area contributed by atoms with Crippen LogP contribution in [0.5, 0.6) is 0 Å². The van der Waals surface area contributed by atoms with Crippen molar-refractivity contribution in [3.63, 3.8) is 0 Å². The van der Waals surface area contributed by atoms with Crippen LogP contribution in [0.2, 0.25) is 0 Å². The molecule has 3 aromatic carbocycles. The van der Waals surface area contributed by atoms with Crippen molar-refractivity contribution in [1.29, 1.82) is 0 Å². The summed E-state index contributed by atoms with van der Waals surface area (Å²) in [5, 5.41) is 4.15. The van der Waals surface area contributed by atoms with Gasteiger partial charge in [0.2, 0.25) is 5.91 Å². The Kier molecular flexibility index (Phi) is 9.16. The van der Waals surface area contributed by atoms with Gasteiger partial charge in [-0.15, -0.1) is 0 Å². The Balaban J connectivity index is 1.51. The predicted octanol–water partition coefficient (Wildman–Crippen LogP) is 5.54. The van der Waals surface area contributed by atoms with Crippen molar-refractivity contribution in [2.45, 2.75) is 26.8 Å². The molecular weight excluding hydrogens is 476 g/mol. The molecule has 4 aromatic rings. The minimum absolute atomic E-state index is 0.0409. The van der Waals surface area contributed by atoms with Crippen LogP contribution in [0.15, 0.2) is 79.0 Å². The van der Waals surface area contributed by atoms with E-state index in [0.29, 0.717) is 32.7 Å². The zero-order valence-corrected chi connectivity index (χ0v) is 22.4. The standard InChI is InChI=1S/C31H36N4O3/c1-23-10-9-15-28(24(23)2)33-31(37)35(18-19-38-3)22-30(36)34(21-25-11-5-4-6-12-25)17-16-26-20-32-29-14-8-7-13-27(26)29/h4-15,20,32H,16-19,21-22H2,1-3H3,(H,33,37). The second kappa shape index (κ2) is 12.9. The molecule has 2 N–H and O–H groups in total. The molecule has 0 bridgehead atoms. The summed E-state index contributed by atoms with van der Waals surface area (Å²) in [5.74, 6) is -0.110. The molecule has 0 unspecified atom stereocenters. The van der Waals surface area contributed by atoms with Crippen molar-refractivity contribution in [2.24, 2.45) is 0 Å². The van der Waals surface area contributed by atoms with E-state index in [2.05, 4.69) is 16.4 Å². The largest absolute Gasteiger partial charge is 0.383 e. The summed E-state index contributed by atoms with van der Waals surface area (Å²) >= 11 is 0. The highest BCUT2D eigenvalue weighted by Gasteiger charge is 2.22. The lowest BCUT2D eigenvalue weighted by Crippen LogP contribution is -2.46. The van der Waals surface area contributed by atoms with E-state index in [1.807, 2.05) is 91.7 Å². The van der Waals surface area contributed by atoms with Gasteiger partial charge in [0.1, 0.15) is 6.54 Å². The number of urea groups is 1. The first-order chi connectivity index (χ1) is 18.5. The molecule has 198 valence electrons. The number of aromatic nitrogens is 1. The smallest absolute Gasteiger partial charge is 0.322 e. The van der Waals surface area contributed by atoms with Crippen molar-refractivity contribution in [1.82, 2.24) is 14.8 Å². The molecule has 4 rings (SSSR count). The maximum absolute atomic E-state index is 13.7. The molecule has 1 aromatic heterocycles. The molecule has 0 aliphatic heterocycles. The molecule has 7 nitrogen and oxygen atoms in total. The molecule has 0 atom stereocenters. The van der Waals surface area contributed by atoms with Gasteiger partial charge in [-0.05, 0) is 54.7 Å². The van der Waals surface area contributed by atoms with Crippen LogP contribution < -0.4 is 5.32 Å². The van der Waals surface area contributed by atoms with Crippen molar-refractivity contribution in [3.8, 4) is 0 Å². The monoisotopic (exact) mass is 512 g/mol. The first-order valence-electron chi connectivity index (χ1n) is 12.9. The predicted molar refractivity (Wildman–Crippen MR) is 152 cm³/mol. The van der Waals surface area contributed by atoms with Gasteiger partial charge in [-0.25, -0.2) is 4.79 Å². The van der Waals surface area contributed by atoms with E-state index in [1.54, 1.807) is 7.11 Å². The molecule has 7 heteroatoms. The molecule has 0 spiro atoms. The maximum atomic E-state index is 13.7. The van der Waals surface area contributed by atoms with Crippen molar-refractivity contribution >= 4 is 28.5 Å². The highest BCUT2D eigenvalue weighted by molar-refractivity contribution is 5.93. The Morgan fingerprint density at radius 1 is 0.895 bits per heavy atom. The number of carbonyl (C=O) groups excluding carboxylic acids is 2. The second-order valence-electron chi connectivity index (χ2n) is 9.50. The van der Waals surface area contributed by atoms with E-state index in [4.69, 9.17) is 4.74 Å². The average Bonchev–Trinajstić information content (AvgIpc) is 3.35. The number of hydrogen-bond acceptors (Lipinski definition) is 3. The van der Waals surface area contributed by atoms with Gasteiger partial charge in [-0.2, -0.15) is 0 Å². The van der Waals surface area contributed by atoms with E-state index in [1.165, 1.54) is 4.90 Å². The average molecular weight is 513 g/mol. The van der Waals surface area contributed by atoms with Crippen LogP contribution in [0.25, 0.3) is 10.9 Å². The van der Waals surface area contributed by atoms with Gasteiger partial charge in [0.25, 0.3) is 0 Å². The summed E-state index contributed by atoms with van der Waals surface area (Å²) in [6.07, 6.45) is 2.72. The third kappa shape index (κ3) is 6.81. The number of aromatic amines is 1. The molecule has 0 saturated heterocycles. The zero-order valence-electron chi connectivity index (χ0n) is 22.4. The summed E-state index contributed by atoms with van der Waals surface area (Å²) in [5.41, 5.74) is 6.12. The Morgan fingerprint density at radius 2 is 1.66 bits per heavy atom. The number of ether oxygens (including phenoxy) is 1. The third-order valence-electron chi connectivity index (χ3n) is 6.92. The normalized spacial score (nSPS) is 10.9. The molecule has 0 aliphatic carbocycles. The van der Waals surface area contributed by atoms with Crippen LogP contribution in [0, 0.1) is 13.8 Å². The number of benzene rings is 3. The van der Waals surface area contributed by atoms with E-state index in [-0.39, 0.29) is 18.5 Å². The van der Waals surface area contributed by atoms with Gasteiger partial charge in [0.15, 0.2) is 0 Å². The fraction of sp³-hybridized carbons (Fsp3) is 0.290. The Bertz CT molecular complexity index is 1370. The van der Waals surface area contributed by atoms with Crippen LogP contribution in [-0.4, -0.2) is 60.1 Å². The van der Waals surface area contributed by atoms with Crippen LogP contribution >= 0.6 is 0 Å². The SMILES string of the molecule is COCCN(CC(=O)N(CCc1c[nH]c2ccccc12)Cc1ccccc1)C(=O)Nc1cccc(C)c1C. The minimum Gasteiger partial charge on any atom is -0.383 e. The van der Waals surface area contributed by atoms with Crippen LogP contribution in [0.1, 0.15) is 22.3 Å². The van der Waals surface area contributed by atoms with Crippen molar-refractivity contribution in [2.75, 3.05) is 38.7 Å². The van der Waals surface area contributed by atoms with Gasteiger partial charge in [0.05, 0.1) is 6.61 Å². The van der Waals surface area contributed by atoms with Gasteiger partial charge in [-0.1, -0.05) is 60.7 Å². The van der Waals surface area contributed by atoms with Gasteiger partial charge in [-0.3, -0.25) is 4.79 Å². The first-order valence-corrected chi connectivity index (χ1v) is 12.9. The fourth-order valence-electron chi connectivity index (χ4n) is 4.49. The molecule has 0 radical (unpaired) electrons. The van der Waals surface area contributed by atoms with Crippen molar-refractivity contribution < 1.29 is 14.3 Å². The van der Waals surface area contributed by atoms with Gasteiger partial charge < -0.3 is 24.8 Å². The number of fused-ring (bicyclic) bond motifs is 1. The Labute approximate surface area is 224 Å². The van der Waals surface area contributed by atoms with Crippen molar-refractivity contribution in [3.05, 3.63) is 101 Å². The third-order valence-corrected chi connectivity index (χ3v) is 6.92. The highest BCUT2D eigenvalue weighted by Crippen LogP contribution is 2.20. The number of aryl methyl sites for hydroxylation is 1. The summed E-state index contributed by atoms with van der Waals surface area (Å²) in [4.78, 5) is 33.6. The summed E-state index contributed by atoms with van der Waals surface area (Å²) in [6.45, 7) is 5.59. The van der Waals surface area contributed by atoms with Crippen LogP contribution in [0.4, 0.5) is 10.5 Å². The topological polar surface area (TPSA) is 77.7 Å². The molecule has 0 aliphatic rings. The molecule has 3 amide bonds. The molecular formula is C31H36N4O3. The summed E-state index contributed by atoms with van der Waals surface area (Å²) in [6, 6.07) is 23.6.